The Morgan fingerprint density at radius 2 is 1.86 bits per heavy atom. The molecular weight excluding hydrogens is 260 g/mol. The highest BCUT2D eigenvalue weighted by molar-refractivity contribution is 5.42. The van der Waals surface area contributed by atoms with Crippen molar-refractivity contribution in [3.8, 4) is 0 Å². The first-order valence-corrected chi connectivity index (χ1v) is 7.52. The highest BCUT2D eigenvalue weighted by atomic mass is 16.5. The van der Waals surface area contributed by atoms with Crippen molar-refractivity contribution in [2.75, 3.05) is 27.2 Å². The van der Waals surface area contributed by atoms with Crippen molar-refractivity contribution in [2.24, 2.45) is 0 Å². The second-order valence-corrected chi connectivity index (χ2v) is 5.83. The molecule has 0 bridgehead atoms. The Balaban J connectivity index is 1.95. The van der Waals surface area contributed by atoms with E-state index >= 15 is 0 Å². The third-order valence-corrected chi connectivity index (χ3v) is 4.05. The fraction of sp³-hybridized carbons (Fsp3) is 0.389. The van der Waals surface area contributed by atoms with E-state index in [0.29, 0.717) is 0 Å². The number of hydrogen-bond donors (Lipinski definition) is 0. The molecule has 0 saturated heterocycles. The first kappa shape index (κ1) is 14.2. The predicted molar refractivity (Wildman–Crippen MR) is 84.4 cm³/mol. The second-order valence-electron chi connectivity index (χ2n) is 5.83. The monoisotopic (exact) mass is 282 g/mol. The first-order chi connectivity index (χ1) is 10.3. The number of ether oxygens (including phenoxy) is 1. The minimum Gasteiger partial charge on any atom is -0.367 e. The van der Waals surface area contributed by atoms with Crippen LogP contribution in [0.4, 0.5) is 0 Å². The standard InChI is InChI=1S/C18H22N2O/c1-20(2)11-12-21-18-16-6-4-3-5-14(16)7-8-15-9-10-19-13-17(15)18/h3-6,9-10,13,18H,7-8,11-12H2,1-2H3. The van der Waals surface area contributed by atoms with Crippen LogP contribution in [0, 0.1) is 0 Å². The van der Waals surface area contributed by atoms with E-state index in [2.05, 4.69) is 54.3 Å². The maximum Gasteiger partial charge on any atom is 0.110 e. The van der Waals surface area contributed by atoms with Gasteiger partial charge < -0.3 is 9.64 Å². The minimum absolute atomic E-state index is 0.00681. The average molecular weight is 282 g/mol. The summed E-state index contributed by atoms with van der Waals surface area (Å²) >= 11 is 0. The Morgan fingerprint density at radius 1 is 1.10 bits per heavy atom. The zero-order chi connectivity index (χ0) is 14.7. The molecule has 21 heavy (non-hydrogen) atoms. The van der Waals surface area contributed by atoms with Crippen LogP contribution < -0.4 is 0 Å². The van der Waals surface area contributed by atoms with E-state index in [0.717, 1.165) is 26.0 Å². The molecular formula is C18H22N2O. The molecule has 3 nitrogen and oxygen atoms in total. The third-order valence-electron chi connectivity index (χ3n) is 4.05. The fourth-order valence-corrected chi connectivity index (χ4v) is 2.89. The first-order valence-electron chi connectivity index (χ1n) is 7.52. The van der Waals surface area contributed by atoms with Crippen LogP contribution in [0.3, 0.4) is 0 Å². The summed E-state index contributed by atoms with van der Waals surface area (Å²) in [7, 11) is 4.14. The molecule has 0 saturated carbocycles. The number of pyridine rings is 1. The number of likely N-dealkylation sites (N-methyl/N-ethyl adjacent to an activating group) is 1. The Hall–Kier alpha value is -1.71. The molecule has 0 fully saturated rings. The average Bonchev–Trinajstić information content (AvgIpc) is 2.65. The van der Waals surface area contributed by atoms with E-state index in [4.69, 9.17) is 4.74 Å². The molecule has 1 heterocycles. The lowest BCUT2D eigenvalue weighted by Crippen LogP contribution is -2.20. The summed E-state index contributed by atoms with van der Waals surface area (Å²) in [4.78, 5) is 6.46. The smallest absolute Gasteiger partial charge is 0.110 e. The third kappa shape index (κ3) is 3.14. The van der Waals surface area contributed by atoms with E-state index in [1.807, 2.05) is 12.4 Å². The van der Waals surface area contributed by atoms with Gasteiger partial charge in [0.05, 0.1) is 6.61 Å². The topological polar surface area (TPSA) is 25.4 Å². The Labute approximate surface area is 126 Å². The normalized spacial score (nSPS) is 17.2. The zero-order valence-electron chi connectivity index (χ0n) is 12.7. The van der Waals surface area contributed by atoms with Crippen LogP contribution in [0.15, 0.2) is 42.7 Å². The molecule has 1 unspecified atom stereocenters. The summed E-state index contributed by atoms with van der Waals surface area (Å²) in [5.41, 5.74) is 5.27. The summed E-state index contributed by atoms with van der Waals surface area (Å²) in [5.74, 6) is 0. The molecule has 2 aromatic rings. The van der Waals surface area contributed by atoms with Crippen molar-refractivity contribution in [3.05, 3.63) is 65.0 Å². The summed E-state index contributed by atoms with van der Waals surface area (Å²) in [5, 5.41) is 0. The molecule has 1 aromatic carbocycles. The van der Waals surface area contributed by atoms with Crippen molar-refractivity contribution in [3.63, 3.8) is 0 Å². The van der Waals surface area contributed by atoms with Crippen molar-refractivity contribution in [2.45, 2.75) is 18.9 Å². The zero-order valence-corrected chi connectivity index (χ0v) is 12.7. The van der Waals surface area contributed by atoms with Crippen LogP contribution in [0.5, 0.6) is 0 Å². The summed E-state index contributed by atoms with van der Waals surface area (Å²) in [6.45, 7) is 1.65. The lowest BCUT2D eigenvalue weighted by atomic mass is 9.98. The maximum atomic E-state index is 6.25. The molecule has 1 aliphatic rings. The van der Waals surface area contributed by atoms with Gasteiger partial charge in [0.1, 0.15) is 6.10 Å². The van der Waals surface area contributed by atoms with E-state index in [9.17, 15) is 0 Å². The molecule has 0 N–H and O–H groups in total. The Kier molecular flexibility index (Phi) is 4.32. The van der Waals surface area contributed by atoms with Crippen molar-refractivity contribution < 1.29 is 4.74 Å². The van der Waals surface area contributed by atoms with Crippen LogP contribution >= 0.6 is 0 Å². The van der Waals surface area contributed by atoms with E-state index < -0.39 is 0 Å². The van der Waals surface area contributed by atoms with E-state index in [1.165, 1.54) is 22.3 Å². The van der Waals surface area contributed by atoms with Gasteiger partial charge in [0.25, 0.3) is 0 Å². The van der Waals surface area contributed by atoms with Crippen molar-refractivity contribution in [1.29, 1.82) is 0 Å². The van der Waals surface area contributed by atoms with Crippen molar-refractivity contribution in [1.82, 2.24) is 9.88 Å². The van der Waals surface area contributed by atoms with Crippen LogP contribution in [0.25, 0.3) is 0 Å². The van der Waals surface area contributed by atoms with Gasteiger partial charge in [0, 0.05) is 24.5 Å². The SMILES string of the molecule is CN(C)CCOC1c2ccccc2CCc2ccncc21. The van der Waals surface area contributed by atoms with Gasteiger partial charge in [-0.2, -0.15) is 0 Å². The molecule has 1 aromatic heterocycles. The van der Waals surface area contributed by atoms with Crippen LogP contribution in [0.2, 0.25) is 0 Å². The summed E-state index contributed by atoms with van der Waals surface area (Å²) in [6.07, 6.45) is 5.99. The number of nitrogens with zero attached hydrogens (tertiary/aromatic N) is 2. The van der Waals surface area contributed by atoms with Gasteiger partial charge in [0.2, 0.25) is 0 Å². The van der Waals surface area contributed by atoms with Gasteiger partial charge in [-0.25, -0.2) is 0 Å². The molecule has 0 spiro atoms. The fourth-order valence-electron chi connectivity index (χ4n) is 2.89. The van der Waals surface area contributed by atoms with Gasteiger partial charge in [-0.15, -0.1) is 0 Å². The lowest BCUT2D eigenvalue weighted by molar-refractivity contribution is 0.0681. The highest BCUT2D eigenvalue weighted by Gasteiger charge is 2.24. The van der Waals surface area contributed by atoms with Gasteiger partial charge in [-0.1, -0.05) is 24.3 Å². The Bertz CT molecular complexity index is 562. The van der Waals surface area contributed by atoms with Gasteiger partial charge in [0.15, 0.2) is 0 Å². The lowest BCUT2D eigenvalue weighted by Gasteiger charge is -2.21. The van der Waals surface area contributed by atoms with E-state index in [-0.39, 0.29) is 6.10 Å². The molecule has 0 amide bonds. The molecule has 3 heteroatoms. The van der Waals surface area contributed by atoms with Crippen LogP contribution in [-0.4, -0.2) is 37.1 Å². The number of aromatic nitrogens is 1. The molecule has 0 radical (unpaired) electrons. The van der Waals surface area contributed by atoms with Gasteiger partial charge in [-0.05, 0) is 49.7 Å². The number of benzene rings is 1. The minimum atomic E-state index is 0.00681. The highest BCUT2D eigenvalue weighted by Crippen LogP contribution is 2.34. The quantitative estimate of drug-likeness (QED) is 0.862. The summed E-state index contributed by atoms with van der Waals surface area (Å²) in [6, 6.07) is 10.8. The Morgan fingerprint density at radius 3 is 2.67 bits per heavy atom. The maximum absolute atomic E-state index is 6.25. The summed E-state index contributed by atoms with van der Waals surface area (Å²) < 4.78 is 6.25. The van der Waals surface area contributed by atoms with Crippen LogP contribution in [0.1, 0.15) is 28.4 Å². The van der Waals surface area contributed by atoms with E-state index in [1.54, 1.807) is 0 Å². The molecule has 110 valence electrons. The molecule has 1 aliphatic carbocycles. The number of rotatable bonds is 4. The van der Waals surface area contributed by atoms with Crippen molar-refractivity contribution >= 4 is 0 Å². The molecule has 3 rings (SSSR count). The molecule has 1 atom stereocenters. The number of hydrogen-bond acceptors (Lipinski definition) is 3. The van der Waals surface area contributed by atoms with Gasteiger partial charge in [-0.3, -0.25) is 4.98 Å². The largest absolute Gasteiger partial charge is 0.367 e. The predicted octanol–water partition coefficient (Wildman–Crippen LogP) is 2.85. The second kappa shape index (κ2) is 6.37. The number of fused-ring (bicyclic) bond motifs is 2. The van der Waals surface area contributed by atoms with Crippen LogP contribution in [-0.2, 0) is 17.6 Å². The number of aryl methyl sites for hydroxylation is 2. The van der Waals surface area contributed by atoms with Gasteiger partial charge >= 0.3 is 0 Å². The molecule has 0 aliphatic heterocycles.